The molecule has 0 spiro atoms. The first-order chi connectivity index (χ1) is 12.4. The molecule has 4 nitrogen and oxygen atoms in total. The number of carbonyl (C=O) groups excluding carboxylic acids is 1. The van der Waals surface area contributed by atoms with Crippen LogP contribution in [0.3, 0.4) is 0 Å². The van der Waals surface area contributed by atoms with Crippen LogP contribution in [0.2, 0.25) is 5.02 Å². The number of hydrogen-bond acceptors (Lipinski definition) is 3. The molecule has 8 heteroatoms. The third-order valence-electron chi connectivity index (χ3n) is 3.72. The van der Waals surface area contributed by atoms with Gasteiger partial charge in [0.2, 0.25) is 0 Å². The molecule has 0 aliphatic rings. The van der Waals surface area contributed by atoms with Crippen molar-refractivity contribution in [1.29, 1.82) is 0 Å². The maximum atomic E-state index is 14.4. The van der Waals surface area contributed by atoms with Crippen LogP contribution in [0.1, 0.15) is 5.82 Å². The number of rotatable bonds is 4. The van der Waals surface area contributed by atoms with Crippen LogP contribution >= 0.6 is 27.5 Å². The normalized spacial score (nSPS) is 10.8. The van der Waals surface area contributed by atoms with Gasteiger partial charge >= 0.3 is 5.97 Å². The van der Waals surface area contributed by atoms with E-state index in [1.807, 2.05) is 0 Å². The zero-order valence-corrected chi connectivity index (χ0v) is 15.8. The number of benzene rings is 2. The molecule has 1 aromatic heterocycles. The Kier molecular flexibility index (Phi) is 5.38. The monoisotopic (exact) mass is 440 g/mol. The van der Waals surface area contributed by atoms with Crippen molar-refractivity contribution < 1.29 is 18.3 Å². The molecule has 1 heterocycles. The molecule has 0 saturated heterocycles. The molecule has 0 N–H and O–H groups in total. The Morgan fingerprint density at radius 2 is 1.81 bits per heavy atom. The lowest BCUT2D eigenvalue weighted by molar-refractivity contribution is -0.139. The fourth-order valence-corrected chi connectivity index (χ4v) is 3.27. The Hall–Kier alpha value is -2.25. The zero-order chi connectivity index (χ0) is 18.8. The Morgan fingerprint density at radius 3 is 2.38 bits per heavy atom. The summed E-state index contributed by atoms with van der Waals surface area (Å²) in [5.41, 5.74) is 0.448. The van der Waals surface area contributed by atoms with Gasteiger partial charge in [0.1, 0.15) is 28.5 Å². The van der Waals surface area contributed by atoms with Gasteiger partial charge in [0.25, 0.3) is 0 Å². The Morgan fingerprint density at radius 1 is 1.19 bits per heavy atom. The molecule has 0 unspecified atom stereocenters. The number of imidazole rings is 1. The summed E-state index contributed by atoms with van der Waals surface area (Å²) in [6.45, 7) is 0. The van der Waals surface area contributed by atoms with Gasteiger partial charge in [0.15, 0.2) is 0 Å². The van der Waals surface area contributed by atoms with Gasteiger partial charge < -0.3 is 4.74 Å². The van der Waals surface area contributed by atoms with Gasteiger partial charge in [0.05, 0.1) is 18.4 Å². The quantitative estimate of drug-likeness (QED) is 0.538. The molecule has 2 aromatic carbocycles. The average molecular weight is 442 g/mol. The largest absolute Gasteiger partial charge is 0.469 e. The van der Waals surface area contributed by atoms with Crippen LogP contribution in [0, 0.1) is 11.6 Å². The highest BCUT2D eigenvalue weighted by molar-refractivity contribution is 9.10. The van der Waals surface area contributed by atoms with Gasteiger partial charge in [0, 0.05) is 10.7 Å². The van der Waals surface area contributed by atoms with Crippen LogP contribution < -0.4 is 0 Å². The molecule has 134 valence electrons. The first-order valence-corrected chi connectivity index (χ1v) is 8.63. The van der Waals surface area contributed by atoms with Gasteiger partial charge in [-0.25, -0.2) is 13.8 Å². The van der Waals surface area contributed by atoms with E-state index >= 15 is 0 Å². The fraction of sp³-hybridized carbons (Fsp3) is 0.111. The smallest absolute Gasteiger partial charge is 0.313 e. The summed E-state index contributed by atoms with van der Waals surface area (Å²) in [4.78, 5) is 16.0. The molecule has 26 heavy (non-hydrogen) atoms. The number of nitrogens with zero attached hydrogens (tertiary/aromatic N) is 2. The number of halogens is 4. The highest BCUT2D eigenvalue weighted by Crippen LogP contribution is 2.35. The van der Waals surface area contributed by atoms with Crippen molar-refractivity contribution in [3.8, 4) is 16.9 Å². The number of hydrogen-bond donors (Lipinski definition) is 0. The average Bonchev–Trinajstić information content (AvgIpc) is 2.91. The summed E-state index contributed by atoms with van der Waals surface area (Å²) in [7, 11) is 1.25. The summed E-state index contributed by atoms with van der Waals surface area (Å²) in [5.74, 6) is -1.75. The number of esters is 1. The van der Waals surface area contributed by atoms with Crippen LogP contribution in [0.15, 0.2) is 47.1 Å². The Labute approximate surface area is 161 Å². The lowest BCUT2D eigenvalue weighted by atomic mass is 10.1. The number of aromatic nitrogens is 2. The van der Waals surface area contributed by atoms with E-state index in [9.17, 15) is 13.6 Å². The van der Waals surface area contributed by atoms with E-state index in [0.717, 1.165) is 12.1 Å². The van der Waals surface area contributed by atoms with Gasteiger partial charge in [-0.1, -0.05) is 17.7 Å². The van der Waals surface area contributed by atoms with E-state index < -0.39 is 17.6 Å². The van der Waals surface area contributed by atoms with Crippen LogP contribution in [-0.4, -0.2) is 22.6 Å². The second-order valence-electron chi connectivity index (χ2n) is 5.33. The van der Waals surface area contributed by atoms with Crippen molar-refractivity contribution in [2.75, 3.05) is 7.11 Å². The summed E-state index contributed by atoms with van der Waals surface area (Å²) < 4.78 is 35.2. The molecule has 0 fully saturated rings. The molecule has 0 aliphatic heterocycles. The van der Waals surface area contributed by atoms with Crippen LogP contribution in [0.4, 0.5) is 8.78 Å². The number of carbonyl (C=O) groups is 1. The number of methoxy groups -OCH3 is 1. The van der Waals surface area contributed by atoms with Gasteiger partial charge in [-0.3, -0.25) is 9.36 Å². The van der Waals surface area contributed by atoms with Crippen LogP contribution in [0.25, 0.3) is 16.9 Å². The SMILES string of the molecule is COC(=O)Cc1nc(Br)c(-c2c(F)cccc2F)n1-c1ccc(Cl)cc1. The minimum atomic E-state index is -0.745. The third-order valence-corrected chi connectivity index (χ3v) is 4.52. The maximum absolute atomic E-state index is 14.4. The first kappa shape index (κ1) is 18.5. The molecule has 0 amide bonds. The van der Waals surface area contributed by atoms with Crippen molar-refractivity contribution in [3.05, 3.63) is 69.5 Å². The van der Waals surface area contributed by atoms with Crippen LogP contribution in [0.5, 0.6) is 0 Å². The second kappa shape index (κ2) is 7.55. The molecule has 0 aliphatic carbocycles. The molecular weight excluding hydrogens is 430 g/mol. The van der Waals surface area contributed by atoms with Gasteiger partial charge in [-0.05, 0) is 52.3 Å². The molecule has 0 radical (unpaired) electrons. The van der Waals surface area contributed by atoms with Crippen LogP contribution in [-0.2, 0) is 16.0 Å². The predicted molar refractivity (Wildman–Crippen MR) is 97.3 cm³/mol. The summed E-state index contributed by atoms with van der Waals surface area (Å²) >= 11 is 9.18. The highest BCUT2D eigenvalue weighted by atomic mass is 79.9. The lowest BCUT2D eigenvalue weighted by Gasteiger charge is -2.13. The minimum absolute atomic E-state index is 0.154. The van der Waals surface area contributed by atoms with Crippen molar-refractivity contribution in [2.45, 2.75) is 6.42 Å². The second-order valence-corrected chi connectivity index (χ2v) is 6.52. The Bertz CT molecular complexity index is 954. The molecule has 3 aromatic rings. The first-order valence-electron chi connectivity index (χ1n) is 7.46. The van der Waals surface area contributed by atoms with Crippen molar-refractivity contribution in [3.63, 3.8) is 0 Å². The molecular formula is C18H12BrClF2N2O2. The van der Waals surface area contributed by atoms with Crippen molar-refractivity contribution >= 4 is 33.5 Å². The highest BCUT2D eigenvalue weighted by Gasteiger charge is 2.25. The predicted octanol–water partition coefficient (Wildman–Crippen LogP) is 4.95. The zero-order valence-electron chi connectivity index (χ0n) is 13.5. The molecule has 0 saturated carbocycles. The van der Waals surface area contributed by atoms with E-state index in [-0.39, 0.29) is 28.1 Å². The fourth-order valence-electron chi connectivity index (χ4n) is 2.56. The van der Waals surface area contributed by atoms with E-state index in [1.54, 1.807) is 24.3 Å². The summed E-state index contributed by atoms with van der Waals surface area (Å²) in [5, 5.41) is 0.501. The van der Waals surface area contributed by atoms with E-state index in [1.165, 1.54) is 17.7 Å². The van der Waals surface area contributed by atoms with Crippen molar-refractivity contribution in [2.24, 2.45) is 0 Å². The van der Waals surface area contributed by atoms with E-state index in [0.29, 0.717) is 10.7 Å². The summed E-state index contributed by atoms with van der Waals surface area (Å²) in [6.07, 6.45) is -0.173. The lowest BCUT2D eigenvalue weighted by Crippen LogP contribution is -2.11. The van der Waals surface area contributed by atoms with Gasteiger partial charge in [-0.2, -0.15) is 0 Å². The standard InChI is InChI=1S/C18H12BrClF2N2O2/c1-26-15(25)9-14-23-18(19)17(16-12(21)3-2-4-13(16)22)24(14)11-7-5-10(20)6-8-11/h2-8H,9H2,1H3. The maximum Gasteiger partial charge on any atom is 0.313 e. The summed E-state index contributed by atoms with van der Waals surface area (Å²) in [6, 6.07) is 10.2. The molecule has 0 bridgehead atoms. The topological polar surface area (TPSA) is 44.1 Å². The molecule has 3 rings (SSSR count). The molecule has 0 atom stereocenters. The number of ether oxygens (including phenoxy) is 1. The third kappa shape index (κ3) is 3.50. The van der Waals surface area contributed by atoms with Gasteiger partial charge in [-0.15, -0.1) is 0 Å². The minimum Gasteiger partial charge on any atom is -0.469 e. The van der Waals surface area contributed by atoms with E-state index in [2.05, 4.69) is 25.7 Å². The Balaban J connectivity index is 2.30. The van der Waals surface area contributed by atoms with E-state index in [4.69, 9.17) is 11.6 Å². The van der Waals surface area contributed by atoms with Crippen molar-refractivity contribution in [1.82, 2.24) is 9.55 Å².